The van der Waals surface area contributed by atoms with Gasteiger partial charge in [-0.15, -0.1) is 0 Å². The number of amides is 2. The summed E-state index contributed by atoms with van der Waals surface area (Å²) in [4.78, 5) is 25.7. The number of piperidine rings is 1. The third kappa shape index (κ3) is 3.35. The van der Waals surface area contributed by atoms with Crippen molar-refractivity contribution in [1.29, 1.82) is 0 Å². The predicted octanol–water partition coefficient (Wildman–Crippen LogP) is 2.07. The SMILES string of the molecule is COCC1CC2(C1)CN(Cc1ccc(C3CCC(=O)NC3=O)cc1)C2. The Morgan fingerprint density at radius 3 is 2.56 bits per heavy atom. The number of imide groups is 1. The van der Waals surface area contributed by atoms with Crippen LogP contribution in [0.3, 0.4) is 0 Å². The van der Waals surface area contributed by atoms with Crippen molar-refractivity contribution in [3.8, 4) is 0 Å². The van der Waals surface area contributed by atoms with Gasteiger partial charge in [0.05, 0.1) is 5.92 Å². The second-order valence-corrected chi connectivity index (χ2v) is 8.12. The number of carbonyl (C=O) groups excluding carboxylic acids is 2. The Bertz CT molecular complexity index is 656. The number of methoxy groups -OCH3 is 1. The van der Waals surface area contributed by atoms with E-state index in [1.807, 2.05) is 12.1 Å². The van der Waals surface area contributed by atoms with Crippen LogP contribution >= 0.6 is 0 Å². The number of carbonyl (C=O) groups is 2. The van der Waals surface area contributed by atoms with Gasteiger partial charge in [-0.3, -0.25) is 19.8 Å². The van der Waals surface area contributed by atoms with Crippen LogP contribution in [0.25, 0.3) is 0 Å². The zero-order chi connectivity index (χ0) is 17.4. The van der Waals surface area contributed by atoms with Gasteiger partial charge >= 0.3 is 0 Å². The molecule has 1 unspecified atom stereocenters. The van der Waals surface area contributed by atoms with Gasteiger partial charge in [0.1, 0.15) is 0 Å². The topological polar surface area (TPSA) is 58.6 Å². The van der Waals surface area contributed by atoms with Crippen molar-refractivity contribution >= 4 is 11.8 Å². The highest BCUT2D eigenvalue weighted by Crippen LogP contribution is 2.52. The van der Waals surface area contributed by atoms with E-state index in [4.69, 9.17) is 4.74 Å². The van der Waals surface area contributed by atoms with Crippen LogP contribution < -0.4 is 5.32 Å². The van der Waals surface area contributed by atoms with E-state index in [2.05, 4.69) is 22.3 Å². The molecule has 0 aromatic heterocycles. The van der Waals surface area contributed by atoms with E-state index in [1.54, 1.807) is 7.11 Å². The maximum Gasteiger partial charge on any atom is 0.234 e. The molecule has 5 heteroatoms. The van der Waals surface area contributed by atoms with Gasteiger partial charge in [0.25, 0.3) is 0 Å². The standard InChI is InChI=1S/C20H26N2O3/c1-25-11-15-8-20(9-15)12-22(13-20)10-14-2-4-16(5-3-14)17-6-7-18(23)21-19(17)24/h2-5,15,17H,6-13H2,1H3,(H,21,23,24). The monoisotopic (exact) mass is 342 g/mol. The highest BCUT2D eigenvalue weighted by atomic mass is 16.5. The largest absolute Gasteiger partial charge is 0.384 e. The molecular formula is C20H26N2O3. The predicted molar refractivity (Wildman–Crippen MR) is 93.9 cm³/mol. The summed E-state index contributed by atoms with van der Waals surface area (Å²) in [5.74, 6) is 0.254. The van der Waals surface area contributed by atoms with E-state index >= 15 is 0 Å². The van der Waals surface area contributed by atoms with E-state index in [9.17, 15) is 9.59 Å². The highest BCUT2D eigenvalue weighted by molar-refractivity contribution is 6.00. The molecule has 2 aliphatic heterocycles. The first-order chi connectivity index (χ1) is 12.1. The maximum absolute atomic E-state index is 12.0. The lowest BCUT2D eigenvalue weighted by Gasteiger charge is -2.59. The minimum absolute atomic E-state index is 0.159. The summed E-state index contributed by atoms with van der Waals surface area (Å²) in [6, 6.07) is 8.34. The van der Waals surface area contributed by atoms with Crippen LogP contribution in [0.2, 0.25) is 0 Å². The third-order valence-electron chi connectivity index (χ3n) is 5.99. The first-order valence-corrected chi connectivity index (χ1v) is 9.21. The Labute approximate surface area is 148 Å². The smallest absolute Gasteiger partial charge is 0.234 e. The second kappa shape index (κ2) is 6.54. The summed E-state index contributed by atoms with van der Waals surface area (Å²) in [5.41, 5.74) is 2.87. The van der Waals surface area contributed by atoms with Gasteiger partial charge in [-0.1, -0.05) is 24.3 Å². The number of nitrogens with zero attached hydrogens (tertiary/aromatic N) is 1. The van der Waals surface area contributed by atoms with Crippen LogP contribution in [0.4, 0.5) is 0 Å². The molecular weight excluding hydrogens is 316 g/mol. The lowest BCUT2D eigenvalue weighted by Crippen LogP contribution is -2.62. The Hall–Kier alpha value is -1.72. The van der Waals surface area contributed by atoms with Crippen LogP contribution in [0.5, 0.6) is 0 Å². The molecule has 134 valence electrons. The summed E-state index contributed by atoms with van der Waals surface area (Å²) in [6.07, 6.45) is 3.66. The molecule has 2 saturated heterocycles. The number of ether oxygens (including phenoxy) is 1. The molecule has 1 aromatic rings. The summed E-state index contributed by atoms with van der Waals surface area (Å²) in [6.45, 7) is 4.28. The van der Waals surface area contributed by atoms with Gasteiger partial charge in [0.15, 0.2) is 0 Å². The molecule has 3 aliphatic rings. The summed E-state index contributed by atoms with van der Waals surface area (Å²) >= 11 is 0. The van der Waals surface area contributed by atoms with Gasteiger partial charge in [-0.25, -0.2) is 0 Å². The van der Waals surface area contributed by atoms with Crippen molar-refractivity contribution < 1.29 is 14.3 Å². The molecule has 1 aliphatic carbocycles. The molecule has 25 heavy (non-hydrogen) atoms. The third-order valence-corrected chi connectivity index (χ3v) is 5.99. The lowest BCUT2D eigenvalue weighted by molar-refractivity contribution is -0.134. The van der Waals surface area contributed by atoms with Crippen LogP contribution in [0.1, 0.15) is 42.7 Å². The average molecular weight is 342 g/mol. The molecule has 1 saturated carbocycles. The molecule has 5 nitrogen and oxygen atoms in total. The van der Waals surface area contributed by atoms with Gasteiger partial charge < -0.3 is 4.74 Å². The zero-order valence-electron chi connectivity index (χ0n) is 14.8. The maximum atomic E-state index is 12.0. The molecule has 1 N–H and O–H groups in total. The molecule has 4 rings (SSSR count). The Kier molecular flexibility index (Phi) is 4.38. The van der Waals surface area contributed by atoms with Crippen molar-refractivity contribution in [2.45, 2.75) is 38.1 Å². The molecule has 3 fully saturated rings. The summed E-state index contributed by atoms with van der Waals surface area (Å²) < 4.78 is 5.24. The van der Waals surface area contributed by atoms with Gasteiger partial charge in [0, 0.05) is 39.8 Å². The van der Waals surface area contributed by atoms with Crippen molar-refractivity contribution in [2.24, 2.45) is 11.3 Å². The van der Waals surface area contributed by atoms with Crippen LogP contribution in [-0.4, -0.2) is 43.5 Å². The normalized spacial score (nSPS) is 26.2. The highest BCUT2D eigenvalue weighted by Gasteiger charge is 2.51. The van der Waals surface area contributed by atoms with Crippen LogP contribution in [-0.2, 0) is 20.9 Å². The van der Waals surface area contributed by atoms with E-state index in [0.717, 1.165) is 24.6 Å². The number of benzene rings is 1. The first-order valence-electron chi connectivity index (χ1n) is 9.21. The lowest BCUT2D eigenvalue weighted by atomic mass is 9.58. The van der Waals surface area contributed by atoms with E-state index < -0.39 is 0 Å². The Morgan fingerprint density at radius 1 is 1.20 bits per heavy atom. The molecule has 0 bridgehead atoms. The quantitative estimate of drug-likeness (QED) is 0.832. The van der Waals surface area contributed by atoms with Gasteiger partial charge in [-0.05, 0) is 41.7 Å². The Morgan fingerprint density at radius 2 is 1.92 bits per heavy atom. The van der Waals surface area contributed by atoms with Gasteiger partial charge in [-0.2, -0.15) is 0 Å². The molecule has 1 spiro atoms. The average Bonchev–Trinajstić information content (AvgIpc) is 2.52. The fraction of sp³-hybridized carbons (Fsp3) is 0.600. The molecule has 2 heterocycles. The minimum atomic E-state index is -0.188. The number of nitrogens with one attached hydrogen (secondary N) is 1. The van der Waals surface area contributed by atoms with Crippen molar-refractivity contribution in [3.63, 3.8) is 0 Å². The van der Waals surface area contributed by atoms with E-state index in [-0.39, 0.29) is 17.7 Å². The van der Waals surface area contributed by atoms with Gasteiger partial charge in [0.2, 0.25) is 11.8 Å². The van der Waals surface area contributed by atoms with E-state index in [1.165, 1.54) is 31.5 Å². The number of rotatable bonds is 5. The fourth-order valence-electron chi connectivity index (χ4n) is 4.92. The molecule has 2 amide bonds. The summed E-state index contributed by atoms with van der Waals surface area (Å²) in [7, 11) is 1.79. The fourth-order valence-corrected chi connectivity index (χ4v) is 4.92. The molecule has 1 aromatic carbocycles. The number of hydrogen-bond acceptors (Lipinski definition) is 4. The van der Waals surface area contributed by atoms with Crippen molar-refractivity contribution in [1.82, 2.24) is 10.2 Å². The molecule has 0 radical (unpaired) electrons. The second-order valence-electron chi connectivity index (χ2n) is 8.12. The first kappa shape index (κ1) is 16.7. The number of hydrogen-bond donors (Lipinski definition) is 1. The van der Waals surface area contributed by atoms with Crippen molar-refractivity contribution in [3.05, 3.63) is 35.4 Å². The van der Waals surface area contributed by atoms with E-state index in [0.29, 0.717) is 18.3 Å². The Balaban J connectivity index is 1.28. The van der Waals surface area contributed by atoms with Crippen molar-refractivity contribution in [2.75, 3.05) is 26.8 Å². The van der Waals surface area contributed by atoms with Crippen LogP contribution in [0, 0.1) is 11.3 Å². The minimum Gasteiger partial charge on any atom is -0.384 e. The van der Waals surface area contributed by atoms with Crippen LogP contribution in [0.15, 0.2) is 24.3 Å². The zero-order valence-corrected chi connectivity index (χ0v) is 14.8. The summed E-state index contributed by atoms with van der Waals surface area (Å²) in [5, 5.41) is 2.43. The molecule has 1 atom stereocenters. The number of likely N-dealkylation sites (tertiary alicyclic amines) is 1.